The Morgan fingerprint density at radius 2 is 0.953 bits per heavy atom. The van der Waals surface area contributed by atoms with Crippen molar-refractivity contribution < 1.29 is 0 Å². The number of halogens is 1. The van der Waals surface area contributed by atoms with Gasteiger partial charge in [-0.05, 0) is 154 Å². The molecule has 1 heterocycles. The van der Waals surface area contributed by atoms with E-state index in [9.17, 15) is 0 Å². The molecule has 7 aromatic carbocycles. The molecule has 0 bridgehead atoms. The lowest BCUT2D eigenvalue weighted by Gasteiger charge is -2.42. The lowest BCUT2D eigenvalue weighted by Crippen LogP contribution is -2.33. The van der Waals surface area contributed by atoms with E-state index < -0.39 is 0 Å². The topological polar surface area (TPSA) is 9.72 Å². The second kappa shape index (κ2) is 17.0. The van der Waals surface area contributed by atoms with Gasteiger partial charge in [-0.25, -0.2) is 0 Å². The first-order valence-corrected chi connectivity index (χ1v) is 24.0. The van der Waals surface area contributed by atoms with E-state index in [4.69, 9.17) is 11.6 Å². The minimum atomic E-state index is 0.0237. The zero-order valence-corrected chi connectivity index (χ0v) is 40.4. The summed E-state index contributed by atoms with van der Waals surface area (Å²) in [5, 5.41) is 4.28. The third kappa shape index (κ3) is 8.47. The van der Waals surface area contributed by atoms with E-state index in [1.807, 2.05) is 11.3 Å². The summed E-state index contributed by atoms with van der Waals surface area (Å²) in [6.07, 6.45) is 2.35. The third-order valence-electron chi connectivity index (χ3n) is 13.3. The Morgan fingerprint density at radius 1 is 0.500 bits per heavy atom. The molecular weight excluding hydrogens is 818 g/mol. The maximum Gasteiger partial charge on any atom is 0.0647 e. The van der Waals surface area contributed by atoms with E-state index in [-0.39, 0.29) is 16.2 Å². The van der Waals surface area contributed by atoms with Gasteiger partial charge in [-0.1, -0.05) is 141 Å². The van der Waals surface area contributed by atoms with Crippen molar-refractivity contribution in [2.45, 2.75) is 97.3 Å². The fourth-order valence-electron chi connectivity index (χ4n) is 9.43. The van der Waals surface area contributed by atoms with Crippen molar-refractivity contribution >= 4 is 84.2 Å². The number of fused-ring (bicyclic) bond motifs is 2. The highest BCUT2D eigenvalue weighted by atomic mass is 35.5. The van der Waals surface area contributed by atoms with Gasteiger partial charge in [0.2, 0.25) is 0 Å². The minimum Gasteiger partial charge on any atom is -0.310 e. The molecule has 5 heteroatoms. The number of anilines is 9. The van der Waals surface area contributed by atoms with Crippen molar-refractivity contribution in [2.24, 2.45) is 0 Å². The van der Waals surface area contributed by atoms with Crippen LogP contribution in [0.4, 0.5) is 51.2 Å². The monoisotopic (exact) mass is 877 g/mol. The summed E-state index contributed by atoms with van der Waals surface area (Å²) >= 11 is 9.21. The summed E-state index contributed by atoms with van der Waals surface area (Å²) in [5.74, 6) is 0.412. The second-order valence-corrected chi connectivity index (χ2v) is 21.5. The predicted octanol–water partition coefficient (Wildman–Crippen LogP) is 18.7. The van der Waals surface area contributed by atoms with Crippen molar-refractivity contribution in [1.82, 2.24) is 0 Å². The number of hydrogen-bond donors (Lipinski definition) is 0. The zero-order valence-electron chi connectivity index (χ0n) is 38.8. The van der Waals surface area contributed by atoms with Gasteiger partial charge >= 0.3 is 0 Å². The van der Waals surface area contributed by atoms with Gasteiger partial charge in [0.25, 0.3) is 0 Å². The first-order valence-electron chi connectivity index (χ1n) is 22.8. The van der Waals surface area contributed by atoms with Crippen molar-refractivity contribution in [2.75, 3.05) is 14.7 Å². The highest BCUT2D eigenvalue weighted by Crippen LogP contribution is 2.52. The van der Waals surface area contributed by atoms with Gasteiger partial charge in [0, 0.05) is 66.0 Å². The minimum absolute atomic E-state index is 0.0237. The second-order valence-electron chi connectivity index (χ2n) is 20.2. The van der Waals surface area contributed by atoms with Crippen molar-refractivity contribution in [3.05, 3.63) is 196 Å². The molecule has 1 aliphatic rings. The van der Waals surface area contributed by atoms with Gasteiger partial charge in [0.05, 0.1) is 5.69 Å². The van der Waals surface area contributed by atoms with Crippen LogP contribution in [0.1, 0.15) is 103 Å². The lowest BCUT2D eigenvalue weighted by molar-refractivity contribution is 0.332. The van der Waals surface area contributed by atoms with Crippen LogP contribution in [-0.4, -0.2) is 0 Å². The summed E-state index contributed by atoms with van der Waals surface area (Å²) in [6, 6.07) is 59.7. The SMILES string of the molecule is CC(C)c1ccc(N(c2cccc(N(c3ccccc3)c3ccccc3)c2)c2cc(Cl)cc(N(c3ccc(C(C)(C)C)cc3)c3csc4cc5c(cc34)C(C)(C)CCC5(C)C)c2)cc1. The summed E-state index contributed by atoms with van der Waals surface area (Å²) < 4.78 is 1.31. The van der Waals surface area contributed by atoms with Crippen LogP contribution in [0, 0.1) is 0 Å². The molecule has 0 unspecified atom stereocenters. The fourth-order valence-corrected chi connectivity index (χ4v) is 10.6. The van der Waals surface area contributed by atoms with Gasteiger partial charge in [-0.3, -0.25) is 0 Å². The van der Waals surface area contributed by atoms with E-state index >= 15 is 0 Å². The molecule has 324 valence electrons. The maximum absolute atomic E-state index is 7.38. The van der Waals surface area contributed by atoms with Crippen LogP contribution in [0.25, 0.3) is 10.1 Å². The largest absolute Gasteiger partial charge is 0.310 e. The van der Waals surface area contributed by atoms with Crippen molar-refractivity contribution in [3.8, 4) is 0 Å². The molecule has 3 nitrogen and oxygen atoms in total. The van der Waals surface area contributed by atoms with Crippen LogP contribution >= 0.6 is 22.9 Å². The Hall–Kier alpha value is -5.81. The first-order chi connectivity index (χ1) is 30.6. The molecule has 0 amide bonds. The number of hydrogen-bond acceptors (Lipinski definition) is 4. The molecule has 0 saturated heterocycles. The highest BCUT2D eigenvalue weighted by molar-refractivity contribution is 7.17. The Balaban J connectivity index is 1.25. The van der Waals surface area contributed by atoms with Crippen molar-refractivity contribution in [1.29, 1.82) is 0 Å². The Kier molecular flexibility index (Phi) is 11.5. The normalized spacial score (nSPS) is 14.4. The summed E-state index contributed by atoms with van der Waals surface area (Å²) in [4.78, 5) is 7.10. The Labute approximate surface area is 390 Å². The first kappa shape index (κ1) is 43.4. The molecule has 0 spiro atoms. The molecule has 64 heavy (non-hydrogen) atoms. The molecule has 8 aromatic rings. The average Bonchev–Trinajstić information content (AvgIpc) is 3.69. The molecule has 0 atom stereocenters. The van der Waals surface area contributed by atoms with Crippen LogP contribution < -0.4 is 14.7 Å². The third-order valence-corrected chi connectivity index (χ3v) is 14.5. The summed E-state index contributed by atoms with van der Waals surface area (Å²) in [7, 11) is 0. The molecule has 1 aromatic heterocycles. The van der Waals surface area contributed by atoms with Crippen LogP contribution in [0.3, 0.4) is 0 Å². The number of para-hydroxylation sites is 2. The van der Waals surface area contributed by atoms with Crippen LogP contribution in [0.5, 0.6) is 0 Å². The van der Waals surface area contributed by atoms with E-state index in [2.05, 4.69) is 246 Å². The molecule has 0 saturated carbocycles. The zero-order chi connectivity index (χ0) is 45.0. The highest BCUT2D eigenvalue weighted by Gasteiger charge is 2.38. The smallest absolute Gasteiger partial charge is 0.0647 e. The summed E-state index contributed by atoms with van der Waals surface area (Å²) in [5.41, 5.74) is 15.3. The van der Waals surface area contributed by atoms with E-state index in [0.717, 1.165) is 57.6 Å². The van der Waals surface area contributed by atoms with E-state index in [0.29, 0.717) is 10.9 Å². The molecule has 9 rings (SSSR count). The molecular formula is C59H60ClN3S. The lowest BCUT2D eigenvalue weighted by atomic mass is 9.63. The molecule has 0 N–H and O–H groups in total. The predicted molar refractivity (Wildman–Crippen MR) is 279 cm³/mol. The number of benzene rings is 7. The van der Waals surface area contributed by atoms with Gasteiger partial charge in [0.15, 0.2) is 0 Å². The Morgan fingerprint density at radius 3 is 1.50 bits per heavy atom. The fraction of sp³-hybridized carbons (Fsp3) is 0.254. The van der Waals surface area contributed by atoms with Crippen LogP contribution in [0.2, 0.25) is 5.02 Å². The number of rotatable bonds is 10. The molecule has 0 radical (unpaired) electrons. The van der Waals surface area contributed by atoms with Gasteiger partial charge in [-0.2, -0.15) is 0 Å². The van der Waals surface area contributed by atoms with E-state index in [1.165, 1.54) is 38.8 Å². The number of thiophene rings is 1. The Bertz CT molecular complexity index is 2870. The van der Waals surface area contributed by atoms with Gasteiger partial charge in [-0.15, -0.1) is 11.3 Å². The van der Waals surface area contributed by atoms with Gasteiger partial charge < -0.3 is 14.7 Å². The standard InChI is InChI=1S/C59H60ClN3S/c1-40(2)41-23-27-46(28-24-41)62(49-22-16-21-48(35-49)61(44-17-12-10-13-18-44)45-19-14-11-15-20-45)50-33-43(60)34-51(36-50)63(47-29-25-42(26-30-47)57(3,4)5)55-39-64-56-38-54-53(37-52(55)56)58(6,7)31-32-59(54,8)9/h10-30,33-40H,31-32H2,1-9H3. The van der Waals surface area contributed by atoms with Crippen LogP contribution in [0.15, 0.2) is 169 Å². The van der Waals surface area contributed by atoms with Gasteiger partial charge in [0.1, 0.15) is 0 Å². The van der Waals surface area contributed by atoms with E-state index in [1.54, 1.807) is 0 Å². The summed E-state index contributed by atoms with van der Waals surface area (Å²) in [6.45, 7) is 21.0. The quantitative estimate of drug-likeness (QED) is 0.136. The van der Waals surface area contributed by atoms with Crippen molar-refractivity contribution in [3.63, 3.8) is 0 Å². The molecule has 1 aliphatic carbocycles. The number of nitrogens with zero attached hydrogens (tertiary/aromatic N) is 3. The molecule has 0 fully saturated rings. The average molecular weight is 879 g/mol. The molecule has 0 aliphatic heterocycles. The van der Waals surface area contributed by atoms with Crippen LogP contribution in [-0.2, 0) is 16.2 Å². The maximum atomic E-state index is 7.38.